The Morgan fingerprint density at radius 1 is 1.10 bits per heavy atom. The molecule has 2 aromatic carbocycles. The van der Waals surface area contributed by atoms with Gasteiger partial charge in [0.25, 0.3) is 0 Å². The Balaban J connectivity index is 1.81. The first-order valence-electron chi connectivity index (χ1n) is 6.47. The molecule has 0 radical (unpaired) electrons. The van der Waals surface area contributed by atoms with Crippen LogP contribution in [0.4, 0.5) is 8.78 Å². The predicted octanol–water partition coefficient (Wildman–Crippen LogP) is 3.99. The van der Waals surface area contributed by atoms with Crippen LogP contribution in [-0.4, -0.2) is 12.4 Å². The van der Waals surface area contributed by atoms with E-state index in [1.165, 1.54) is 12.1 Å². The Morgan fingerprint density at radius 3 is 2.52 bits per heavy atom. The molecule has 0 aliphatic carbocycles. The van der Waals surface area contributed by atoms with Gasteiger partial charge < -0.3 is 9.47 Å². The van der Waals surface area contributed by atoms with E-state index >= 15 is 0 Å². The van der Waals surface area contributed by atoms with Gasteiger partial charge in [0.15, 0.2) is 5.78 Å². The van der Waals surface area contributed by atoms with Crippen LogP contribution in [-0.2, 0) is 0 Å². The molecule has 0 bridgehead atoms. The number of alkyl halides is 2. The fourth-order valence-corrected chi connectivity index (χ4v) is 2.32. The van der Waals surface area contributed by atoms with E-state index in [1.807, 2.05) is 0 Å². The van der Waals surface area contributed by atoms with Crippen LogP contribution in [0, 0.1) is 0 Å². The molecule has 0 saturated carbocycles. The third-order valence-electron chi connectivity index (χ3n) is 3.30. The van der Waals surface area contributed by atoms with E-state index in [9.17, 15) is 13.6 Å². The summed E-state index contributed by atoms with van der Waals surface area (Å²) < 4.78 is 34.3. The van der Waals surface area contributed by atoms with E-state index < -0.39 is 12.7 Å². The van der Waals surface area contributed by atoms with Crippen molar-refractivity contribution >= 4 is 5.78 Å². The molecule has 0 N–H and O–H groups in total. The number of ketones is 1. The number of carbonyl (C=O) groups excluding carboxylic acids is 1. The van der Waals surface area contributed by atoms with Crippen molar-refractivity contribution in [3.8, 4) is 11.5 Å². The number of para-hydroxylation sites is 1. The highest BCUT2D eigenvalue weighted by atomic mass is 19.3. The highest BCUT2D eigenvalue weighted by molar-refractivity contribution is 5.99. The topological polar surface area (TPSA) is 35.5 Å². The number of hydrogen-bond acceptors (Lipinski definition) is 3. The minimum Gasteiger partial charge on any atom is -0.484 e. The van der Waals surface area contributed by atoms with Gasteiger partial charge in [-0.1, -0.05) is 24.3 Å². The first-order valence-corrected chi connectivity index (χ1v) is 6.47. The van der Waals surface area contributed by atoms with Gasteiger partial charge in [-0.05, 0) is 29.8 Å². The average molecular weight is 290 g/mol. The Hall–Kier alpha value is -2.43. The molecule has 0 fully saturated rings. The average Bonchev–Trinajstić information content (AvgIpc) is 2.47. The molecular formula is C16H12F2O3. The van der Waals surface area contributed by atoms with Crippen molar-refractivity contribution in [2.75, 3.05) is 0 Å². The molecule has 1 aliphatic heterocycles. The summed E-state index contributed by atoms with van der Waals surface area (Å²) in [6.07, 6.45) is -0.181. The predicted molar refractivity (Wildman–Crippen MR) is 71.8 cm³/mol. The molecule has 5 heteroatoms. The van der Waals surface area contributed by atoms with Gasteiger partial charge in [0.05, 0.1) is 12.0 Å². The first kappa shape index (κ1) is 13.5. The van der Waals surface area contributed by atoms with Crippen LogP contribution >= 0.6 is 0 Å². The van der Waals surface area contributed by atoms with E-state index in [1.54, 1.807) is 36.4 Å². The summed E-state index contributed by atoms with van der Waals surface area (Å²) in [4.78, 5) is 12.1. The van der Waals surface area contributed by atoms with E-state index in [2.05, 4.69) is 4.74 Å². The Bertz CT molecular complexity index is 653. The molecule has 0 amide bonds. The van der Waals surface area contributed by atoms with Gasteiger partial charge in [-0.25, -0.2) is 0 Å². The van der Waals surface area contributed by atoms with Gasteiger partial charge in [0.1, 0.15) is 17.6 Å². The minimum atomic E-state index is -2.85. The number of rotatable bonds is 3. The molecule has 0 spiro atoms. The lowest BCUT2D eigenvalue weighted by Gasteiger charge is -2.25. The third kappa shape index (κ3) is 2.86. The zero-order valence-electron chi connectivity index (χ0n) is 11.0. The monoisotopic (exact) mass is 290 g/mol. The van der Waals surface area contributed by atoms with Crippen LogP contribution < -0.4 is 9.47 Å². The number of ether oxygens (including phenoxy) is 2. The van der Waals surface area contributed by atoms with Crippen LogP contribution in [0.5, 0.6) is 11.5 Å². The maximum absolute atomic E-state index is 12.1. The summed E-state index contributed by atoms with van der Waals surface area (Å²) in [7, 11) is 0. The number of Topliss-reactive ketones (excluding diaryl/α,β-unsaturated/α-hetero) is 1. The van der Waals surface area contributed by atoms with Crippen LogP contribution in [0.1, 0.15) is 28.4 Å². The van der Waals surface area contributed by atoms with Gasteiger partial charge >= 0.3 is 6.61 Å². The molecule has 0 saturated heterocycles. The van der Waals surface area contributed by atoms with Crippen molar-refractivity contribution in [2.45, 2.75) is 19.1 Å². The normalized spacial score (nSPS) is 17.3. The zero-order valence-corrected chi connectivity index (χ0v) is 11.0. The second-order valence-electron chi connectivity index (χ2n) is 4.68. The van der Waals surface area contributed by atoms with Crippen molar-refractivity contribution in [1.29, 1.82) is 0 Å². The molecule has 3 nitrogen and oxygen atoms in total. The summed E-state index contributed by atoms with van der Waals surface area (Å²) in [5, 5.41) is 0. The first-order chi connectivity index (χ1) is 10.1. The maximum Gasteiger partial charge on any atom is 0.387 e. The molecule has 108 valence electrons. The number of halogens is 2. The van der Waals surface area contributed by atoms with Crippen LogP contribution in [0.2, 0.25) is 0 Å². The minimum absolute atomic E-state index is 0.00903. The van der Waals surface area contributed by atoms with E-state index in [0.717, 1.165) is 5.56 Å². The summed E-state index contributed by atoms with van der Waals surface area (Å²) in [6.45, 7) is -2.85. The van der Waals surface area contributed by atoms with Crippen molar-refractivity contribution in [2.24, 2.45) is 0 Å². The number of fused-ring (bicyclic) bond motifs is 1. The third-order valence-corrected chi connectivity index (χ3v) is 3.30. The SMILES string of the molecule is O=C1CC(c2ccc(OC(F)F)cc2)Oc2ccccc21. The highest BCUT2D eigenvalue weighted by Gasteiger charge is 2.27. The largest absolute Gasteiger partial charge is 0.484 e. The molecule has 0 aromatic heterocycles. The summed E-state index contributed by atoms with van der Waals surface area (Å²) in [6, 6.07) is 13.2. The standard InChI is InChI=1S/C16H12F2O3/c17-16(18)20-11-7-5-10(6-8-11)15-9-13(19)12-3-1-2-4-14(12)21-15/h1-8,15-16H,9H2. The molecule has 1 atom stereocenters. The number of benzene rings is 2. The molecule has 1 unspecified atom stereocenters. The van der Waals surface area contributed by atoms with Crippen molar-refractivity contribution in [3.63, 3.8) is 0 Å². The maximum atomic E-state index is 12.1. The summed E-state index contributed by atoms with van der Waals surface area (Å²) in [5.41, 5.74) is 1.32. The summed E-state index contributed by atoms with van der Waals surface area (Å²) in [5.74, 6) is 0.637. The van der Waals surface area contributed by atoms with Crippen LogP contribution in [0.3, 0.4) is 0 Å². The highest BCUT2D eigenvalue weighted by Crippen LogP contribution is 2.35. The fourth-order valence-electron chi connectivity index (χ4n) is 2.32. The number of hydrogen-bond donors (Lipinski definition) is 0. The second kappa shape index (κ2) is 5.52. The smallest absolute Gasteiger partial charge is 0.387 e. The molecule has 3 rings (SSSR count). The van der Waals surface area contributed by atoms with Crippen LogP contribution in [0.15, 0.2) is 48.5 Å². The van der Waals surface area contributed by atoms with E-state index in [4.69, 9.17) is 4.74 Å². The fraction of sp³-hybridized carbons (Fsp3) is 0.188. The van der Waals surface area contributed by atoms with E-state index in [-0.39, 0.29) is 18.0 Å². The lowest BCUT2D eigenvalue weighted by atomic mass is 9.96. The van der Waals surface area contributed by atoms with Crippen molar-refractivity contribution in [1.82, 2.24) is 0 Å². The van der Waals surface area contributed by atoms with Gasteiger partial charge in [-0.15, -0.1) is 0 Å². The Morgan fingerprint density at radius 2 is 1.81 bits per heavy atom. The summed E-state index contributed by atoms with van der Waals surface area (Å²) >= 11 is 0. The van der Waals surface area contributed by atoms with Gasteiger partial charge in [0, 0.05) is 0 Å². The zero-order chi connectivity index (χ0) is 14.8. The Labute approximate surface area is 120 Å². The second-order valence-corrected chi connectivity index (χ2v) is 4.68. The molecule has 2 aromatic rings. The van der Waals surface area contributed by atoms with Crippen molar-refractivity contribution < 1.29 is 23.0 Å². The molecule has 1 aliphatic rings. The molecule has 1 heterocycles. The van der Waals surface area contributed by atoms with Gasteiger partial charge in [-0.2, -0.15) is 8.78 Å². The van der Waals surface area contributed by atoms with Crippen LogP contribution in [0.25, 0.3) is 0 Å². The quantitative estimate of drug-likeness (QED) is 0.857. The lowest BCUT2D eigenvalue weighted by Crippen LogP contribution is -2.20. The van der Waals surface area contributed by atoms with E-state index in [0.29, 0.717) is 11.3 Å². The van der Waals surface area contributed by atoms with Crippen molar-refractivity contribution in [3.05, 3.63) is 59.7 Å². The molecular weight excluding hydrogens is 278 g/mol. The number of carbonyl (C=O) groups is 1. The van der Waals surface area contributed by atoms with Gasteiger partial charge in [0.2, 0.25) is 0 Å². The van der Waals surface area contributed by atoms with Gasteiger partial charge in [-0.3, -0.25) is 4.79 Å². The lowest BCUT2D eigenvalue weighted by molar-refractivity contribution is -0.0498. The molecule has 21 heavy (non-hydrogen) atoms. The Kier molecular flexibility index (Phi) is 3.56.